The minimum atomic E-state index is -1.25. The molecule has 4 N–H and O–H groups in total. The summed E-state index contributed by atoms with van der Waals surface area (Å²) in [6.45, 7) is -0.419. The van der Waals surface area contributed by atoms with Gasteiger partial charge in [-0.3, -0.25) is 4.57 Å². The van der Waals surface area contributed by atoms with Gasteiger partial charge >= 0.3 is 0 Å². The quantitative estimate of drug-likeness (QED) is 0.493. The second-order valence-corrected chi connectivity index (χ2v) is 6.22. The SMILES string of the molecule is OC[C@H]1O[C@@H](n2cnc3c(Nc4ccccc4)nc(Cl)nc32)[C@H](O)[C@@H]1O. The Morgan fingerprint density at radius 2 is 1.92 bits per heavy atom. The number of nitrogens with one attached hydrogen (secondary N) is 1. The van der Waals surface area contributed by atoms with E-state index >= 15 is 0 Å². The average Bonchev–Trinajstić information content (AvgIpc) is 3.17. The summed E-state index contributed by atoms with van der Waals surface area (Å²) in [5, 5.41) is 32.6. The van der Waals surface area contributed by atoms with Gasteiger partial charge < -0.3 is 25.4 Å². The van der Waals surface area contributed by atoms with Gasteiger partial charge in [0, 0.05) is 5.69 Å². The standard InChI is InChI=1S/C16H16ClN5O4/c17-16-20-13(19-8-4-2-1-3-5-8)10-14(21-16)22(7-18-10)15-12(25)11(24)9(6-23)26-15/h1-5,7,9,11-12,15,23-25H,6H2,(H,19,20,21)/t9-,11-,12-,15-/m1/s1. The minimum Gasteiger partial charge on any atom is -0.394 e. The molecule has 1 saturated heterocycles. The summed E-state index contributed by atoms with van der Waals surface area (Å²) in [7, 11) is 0. The molecule has 0 aliphatic carbocycles. The van der Waals surface area contributed by atoms with Crippen LogP contribution in [0.25, 0.3) is 11.2 Å². The Morgan fingerprint density at radius 3 is 2.62 bits per heavy atom. The number of aliphatic hydroxyl groups is 3. The third-order valence-electron chi connectivity index (χ3n) is 4.22. The van der Waals surface area contributed by atoms with Gasteiger partial charge in [0.1, 0.15) is 18.3 Å². The number of anilines is 2. The van der Waals surface area contributed by atoms with E-state index < -0.39 is 31.1 Å². The number of imidazole rings is 1. The van der Waals surface area contributed by atoms with Crippen molar-refractivity contribution in [2.45, 2.75) is 24.5 Å². The summed E-state index contributed by atoms with van der Waals surface area (Å²) in [4.78, 5) is 12.6. The molecule has 0 spiro atoms. The van der Waals surface area contributed by atoms with E-state index in [1.165, 1.54) is 10.9 Å². The van der Waals surface area contributed by atoms with Crippen molar-refractivity contribution in [2.24, 2.45) is 0 Å². The molecule has 3 heterocycles. The second-order valence-electron chi connectivity index (χ2n) is 5.89. The topological polar surface area (TPSA) is 126 Å². The third-order valence-corrected chi connectivity index (χ3v) is 4.39. The molecular weight excluding hydrogens is 362 g/mol. The molecule has 9 nitrogen and oxygen atoms in total. The predicted octanol–water partition coefficient (Wildman–Crippen LogP) is 0.835. The van der Waals surface area contributed by atoms with E-state index in [1.54, 1.807) is 0 Å². The summed E-state index contributed by atoms with van der Waals surface area (Å²) < 4.78 is 7.00. The van der Waals surface area contributed by atoms with Crippen LogP contribution >= 0.6 is 11.6 Å². The Balaban J connectivity index is 1.75. The van der Waals surface area contributed by atoms with Gasteiger partial charge in [0.15, 0.2) is 23.2 Å². The van der Waals surface area contributed by atoms with E-state index in [4.69, 9.17) is 16.3 Å². The van der Waals surface area contributed by atoms with Gasteiger partial charge in [-0.1, -0.05) is 18.2 Å². The molecular formula is C16H16ClN5O4. The fourth-order valence-corrected chi connectivity index (χ4v) is 3.10. The van der Waals surface area contributed by atoms with Crippen LogP contribution in [0.15, 0.2) is 36.7 Å². The van der Waals surface area contributed by atoms with Crippen LogP contribution in [-0.2, 0) is 4.74 Å². The summed E-state index contributed by atoms with van der Waals surface area (Å²) in [5.41, 5.74) is 1.56. The fraction of sp³-hybridized carbons (Fsp3) is 0.312. The number of aliphatic hydroxyl groups excluding tert-OH is 3. The molecule has 0 saturated carbocycles. The Hall–Kier alpha value is -2.30. The van der Waals surface area contributed by atoms with Crippen LogP contribution in [0.3, 0.4) is 0 Å². The molecule has 136 valence electrons. The molecule has 1 aliphatic heterocycles. The fourth-order valence-electron chi connectivity index (χ4n) is 2.93. The number of hydrogen-bond donors (Lipinski definition) is 4. The number of nitrogens with zero attached hydrogens (tertiary/aromatic N) is 4. The summed E-state index contributed by atoms with van der Waals surface area (Å²) in [5.74, 6) is 0.400. The van der Waals surface area contributed by atoms with Crippen LogP contribution in [0.2, 0.25) is 5.28 Å². The monoisotopic (exact) mass is 377 g/mol. The Bertz CT molecular complexity index is 922. The van der Waals surface area contributed by atoms with Crippen molar-refractivity contribution in [1.29, 1.82) is 0 Å². The Morgan fingerprint density at radius 1 is 1.15 bits per heavy atom. The number of rotatable bonds is 4. The third kappa shape index (κ3) is 2.89. The van der Waals surface area contributed by atoms with Gasteiger partial charge in [0.25, 0.3) is 0 Å². The van der Waals surface area contributed by atoms with Gasteiger partial charge in [-0.05, 0) is 23.7 Å². The Kier molecular flexibility index (Phi) is 4.47. The van der Waals surface area contributed by atoms with Crippen molar-refractivity contribution in [3.8, 4) is 0 Å². The maximum atomic E-state index is 10.2. The van der Waals surface area contributed by atoms with Gasteiger partial charge in [-0.15, -0.1) is 0 Å². The largest absolute Gasteiger partial charge is 0.394 e. The molecule has 1 aromatic carbocycles. The lowest BCUT2D eigenvalue weighted by Crippen LogP contribution is -2.33. The van der Waals surface area contributed by atoms with E-state index in [0.717, 1.165) is 5.69 Å². The lowest BCUT2D eigenvalue weighted by atomic mass is 10.1. The van der Waals surface area contributed by atoms with E-state index in [0.29, 0.717) is 17.0 Å². The van der Waals surface area contributed by atoms with Gasteiger partial charge in [0.05, 0.1) is 12.9 Å². The van der Waals surface area contributed by atoms with Crippen LogP contribution in [0, 0.1) is 0 Å². The second kappa shape index (κ2) is 6.78. The summed E-state index contributed by atoms with van der Waals surface area (Å²) >= 11 is 6.05. The first kappa shape index (κ1) is 17.1. The maximum absolute atomic E-state index is 10.2. The number of halogens is 1. The molecule has 4 atom stereocenters. The molecule has 2 aromatic heterocycles. The zero-order valence-corrected chi connectivity index (χ0v) is 14.2. The number of para-hydroxylation sites is 1. The van der Waals surface area contributed by atoms with Crippen molar-refractivity contribution >= 4 is 34.3 Å². The first-order chi connectivity index (χ1) is 12.6. The zero-order valence-electron chi connectivity index (χ0n) is 13.4. The minimum absolute atomic E-state index is 0.00979. The number of fused-ring (bicyclic) bond motifs is 1. The highest BCUT2D eigenvalue weighted by atomic mass is 35.5. The Labute approximate surface area is 152 Å². The molecule has 26 heavy (non-hydrogen) atoms. The van der Waals surface area contributed by atoms with Crippen molar-refractivity contribution in [2.75, 3.05) is 11.9 Å². The lowest BCUT2D eigenvalue weighted by molar-refractivity contribution is -0.0511. The lowest BCUT2D eigenvalue weighted by Gasteiger charge is -2.16. The molecule has 3 aromatic rings. The van der Waals surface area contributed by atoms with E-state index in [1.807, 2.05) is 30.3 Å². The molecule has 0 bridgehead atoms. The normalized spacial score (nSPS) is 25.7. The van der Waals surface area contributed by atoms with Gasteiger partial charge in [0.2, 0.25) is 5.28 Å². The van der Waals surface area contributed by atoms with Crippen molar-refractivity contribution in [3.63, 3.8) is 0 Å². The molecule has 10 heteroatoms. The first-order valence-electron chi connectivity index (χ1n) is 7.93. The van der Waals surface area contributed by atoms with Crippen LogP contribution in [0.5, 0.6) is 0 Å². The van der Waals surface area contributed by atoms with Crippen LogP contribution in [0.4, 0.5) is 11.5 Å². The van der Waals surface area contributed by atoms with E-state index in [-0.39, 0.29) is 5.28 Å². The van der Waals surface area contributed by atoms with Crippen LogP contribution in [0.1, 0.15) is 6.23 Å². The smallest absolute Gasteiger partial charge is 0.226 e. The molecule has 1 aliphatic rings. The van der Waals surface area contributed by atoms with Crippen molar-refractivity contribution < 1.29 is 20.1 Å². The van der Waals surface area contributed by atoms with Crippen LogP contribution < -0.4 is 5.32 Å². The molecule has 0 radical (unpaired) electrons. The predicted molar refractivity (Wildman–Crippen MR) is 93.1 cm³/mol. The summed E-state index contributed by atoms with van der Waals surface area (Å²) in [6.07, 6.45) is -2.90. The highest BCUT2D eigenvalue weighted by Crippen LogP contribution is 2.33. The maximum Gasteiger partial charge on any atom is 0.226 e. The van der Waals surface area contributed by atoms with Crippen LogP contribution in [-0.4, -0.2) is 59.8 Å². The molecule has 0 amide bonds. The van der Waals surface area contributed by atoms with E-state index in [9.17, 15) is 15.3 Å². The van der Waals surface area contributed by atoms with Crippen molar-refractivity contribution in [1.82, 2.24) is 19.5 Å². The molecule has 0 unspecified atom stereocenters. The number of ether oxygens (including phenoxy) is 1. The van der Waals surface area contributed by atoms with Crippen molar-refractivity contribution in [3.05, 3.63) is 41.9 Å². The molecule has 4 rings (SSSR count). The zero-order chi connectivity index (χ0) is 18.3. The van der Waals surface area contributed by atoms with E-state index in [2.05, 4.69) is 20.3 Å². The van der Waals surface area contributed by atoms with Gasteiger partial charge in [-0.2, -0.15) is 9.97 Å². The average molecular weight is 378 g/mol. The molecule has 1 fully saturated rings. The van der Waals surface area contributed by atoms with Gasteiger partial charge in [-0.25, -0.2) is 4.98 Å². The highest BCUT2D eigenvalue weighted by molar-refractivity contribution is 6.28. The number of aromatic nitrogens is 4. The first-order valence-corrected chi connectivity index (χ1v) is 8.31. The summed E-state index contributed by atoms with van der Waals surface area (Å²) in [6, 6.07) is 9.38. The number of benzene rings is 1. The number of hydrogen-bond acceptors (Lipinski definition) is 8. The highest BCUT2D eigenvalue weighted by Gasteiger charge is 2.44.